The number of pyridine rings is 1. The van der Waals surface area contributed by atoms with Crippen molar-refractivity contribution in [2.75, 3.05) is 0 Å². The zero-order valence-corrected chi connectivity index (χ0v) is 10.6. The lowest BCUT2D eigenvalue weighted by Crippen LogP contribution is -2.05. The number of nitrogens with two attached hydrogens (primary N) is 1. The second kappa shape index (κ2) is 5.25. The molecule has 0 radical (unpaired) electrons. The molecule has 0 unspecified atom stereocenters. The van der Waals surface area contributed by atoms with Crippen LogP contribution in [0.1, 0.15) is 24.1 Å². The molecule has 0 aromatic carbocycles. The Kier molecular flexibility index (Phi) is 3.71. The molecule has 4 nitrogen and oxygen atoms in total. The molecule has 0 amide bonds. The Labute approximate surface area is 105 Å². The average Bonchev–Trinajstić information content (AvgIpc) is 2.33. The molecule has 1 atom stereocenters. The summed E-state index contributed by atoms with van der Waals surface area (Å²) in [4.78, 5) is 12.8. The summed E-state index contributed by atoms with van der Waals surface area (Å²) in [5.74, 6) is 0. The van der Waals surface area contributed by atoms with Crippen molar-refractivity contribution in [1.29, 1.82) is 0 Å². The molecule has 17 heavy (non-hydrogen) atoms. The van der Waals surface area contributed by atoms with E-state index in [2.05, 4.69) is 15.0 Å². The number of nitrogens with zero attached hydrogens (tertiary/aromatic N) is 3. The molecule has 2 aromatic rings. The van der Waals surface area contributed by atoms with E-state index in [1.807, 2.05) is 26.0 Å². The minimum absolute atomic E-state index is 0.0113. The Morgan fingerprint density at radius 1 is 1.12 bits per heavy atom. The number of hydrogen-bond donors (Lipinski definition) is 1. The van der Waals surface area contributed by atoms with E-state index in [0.717, 1.165) is 16.2 Å². The standard InChI is InChI=1S/C12H14N4S/c1-8-5-15-12(16-6-8)17-11-4-3-10(7-14-11)9(2)13/h3-7,9H,13H2,1-2H3/t9-/m0/s1. The third-order valence-corrected chi connectivity index (χ3v) is 3.08. The number of hydrogen-bond acceptors (Lipinski definition) is 5. The summed E-state index contributed by atoms with van der Waals surface area (Å²) in [5.41, 5.74) is 7.84. The van der Waals surface area contributed by atoms with Crippen molar-refractivity contribution in [2.45, 2.75) is 30.1 Å². The van der Waals surface area contributed by atoms with E-state index in [0.29, 0.717) is 5.16 Å². The molecule has 0 aliphatic carbocycles. The van der Waals surface area contributed by atoms with Crippen LogP contribution in [0, 0.1) is 6.92 Å². The van der Waals surface area contributed by atoms with Crippen LogP contribution >= 0.6 is 11.8 Å². The minimum Gasteiger partial charge on any atom is -0.324 e. The smallest absolute Gasteiger partial charge is 0.193 e. The first-order valence-electron chi connectivity index (χ1n) is 5.33. The van der Waals surface area contributed by atoms with Gasteiger partial charge in [-0.2, -0.15) is 0 Å². The maximum atomic E-state index is 5.76. The van der Waals surface area contributed by atoms with Gasteiger partial charge in [-0.25, -0.2) is 15.0 Å². The summed E-state index contributed by atoms with van der Waals surface area (Å²) >= 11 is 1.44. The minimum atomic E-state index is 0.0113. The van der Waals surface area contributed by atoms with Crippen LogP contribution in [0.3, 0.4) is 0 Å². The van der Waals surface area contributed by atoms with Gasteiger partial charge in [-0.05, 0) is 42.8 Å². The highest BCUT2D eigenvalue weighted by Crippen LogP contribution is 2.22. The van der Waals surface area contributed by atoms with Gasteiger partial charge in [-0.3, -0.25) is 0 Å². The Hall–Kier alpha value is -1.46. The summed E-state index contributed by atoms with van der Waals surface area (Å²) in [6, 6.07) is 3.93. The number of rotatable bonds is 3. The Morgan fingerprint density at radius 2 is 1.82 bits per heavy atom. The summed E-state index contributed by atoms with van der Waals surface area (Å²) in [5, 5.41) is 1.58. The fraction of sp³-hybridized carbons (Fsp3) is 0.250. The molecule has 88 valence electrons. The van der Waals surface area contributed by atoms with E-state index in [1.54, 1.807) is 18.6 Å². The molecule has 0 saturated heterocycles. The van der Waals surface area contributed by atoms with E-state index in [1.165, 1.54) is 11.8 Å². The maximum Gasteiger partial charge on any atom is 0.193 e. The van der Waals surface area contributed by atoms with Crippen LogP contribution in [0.4, 0.5) is 0 Å². The highest BCUT2D eigenvalue weighted by atomic mass is 32.2. The predicted molar refractivity (Wildman–Crippen MR) is 67.7 cm³/mol. The van der Waals surface area contributed by atoms with Crippen LogP contribution in [0.15, 0.2) is 40.9 Å². The van der Waals surface area contributed by atoms with Crippen molar-refractivity contribution in [3.63, 3.8) is 0 Å². The van der Waals surface area contributed by atoms with Crippen molar-refractivity contribution in [2.24, 2.45) is 5.73 Å². The third-order valence-electron chi connectivity index (χ3n) is 2.24. The summed E-state index contributed by atoms with van der Waals surface area (Å²) in [6.07, 6.45) is 5.39. The molecule has 0 aliphatic rings. The first-order chi connectivity index (χ1) is 8.15. The van der Waals surface area contributed by atoms with Gasteiger partial charge in [0, 0.05) is 24.6 Å². The van der Waals surface area contributed by atoms with Gasteiger partial charge in [0.1, 0.15) is 5.03 Å². The van der Waals surface area contributed by atoms with E-state index < -0.39 is 0 Å². The van der Waals surface area contributed by atoms with Gasteiger partial charge < -0.3 is 5.73 Å². The normalized spacial score (nSPS) is 12.4. The lowest BCUT2D eigenvalue weighted by molar-refractivity contribution is 0.806. The number of aromatic nitrogens is 3. The van der Waals surface area contributed by atoms with Gasteiger partial charge in [0.2, 0.25) is 0 Å². The summed E-state index contributed by atoms with van der Waals surface area (Å²) < 4.78 is 0. The van der Waals surface area contributed by atoms with E-state index in [-0.39, 0.29) is 6.04 Å². The van der Waals surface area contributed by atoms with Gasteiger partial charge >= 0.3 is 0 Å². The predicted octanol–water partition coefficient (Wildman–Crippen LogP) is 2.35. The molecular weight excluding hydrogens is 232 g/mol. The van der Waals surface area contributed by atoms with E-state index >= 15 is 0 Å². The molecule has 2 rings (SSSR count). The zero-order chi connectivity index (χ0) is 12.3. The van der Waals surface area contributed by atoms with E-state index in [9.17, 15) is 0 Å². The van der Waals surface area contributed by atoms with Crippen LogP contribution in [-0.4, -0.2) is 15.0 Å². The molecule has 0 aliphatic heterocycles. The third kappa shape index (κ3) is 3.25. The summed E-state index contributed by atoms with van der Waals surface area (Å²) in [7, 11) is 0. The van der Waals surface area contributed by atoms with Crippen LogP contribution in [-0.2, 0) is 0 Å². The summed E-state index contributed by atoms with van der Waals surface area (Å²) in [6.45, 7) is 3.90. The molecule has 2 heterocycles. The molecule has 2 aromatic heterocycles. The fourth-order valence-electron chi connectivity index (χ4n) is 1.25. The zero-order valence-electron chi connectivity index (χ0n) is 9.79. The van der Waals surface area contributed by atoms with Gasteiger partial charge in [-0.1, -0.05) is 6.07 Å². The second-order valence-corrected chi connectivity index (χ2v) is 4.85. The lowest BCUT2D eigenvalue weighted by atomic mass is 10.2. The maximum absolute atomic E-state index is 5.76. The molecule has 0 saturated carbocycles. The lowest BCUT2D eigenvalue weighted by Gasteiger charge is -2.05. The molecule has 2 N–H and O–H groups in total. The van der Waals surface area contributed by atoms with Crippen LogP contribution in [0.5, 0.6) is 0 Å². The van der Waals surface area contributed by atoms with E-state index in [4.69, 9.17) is 5.73 Å². The SMILES string of the molecule is Cc1cnc(Sc2ccc([C@H](C)N)cn2)nc1. The van der Waals surface area contributed by atoms with Gasteiger partial charge in [-0.15, -0.1) is 0 Å². The Morgan fingerprint density at radius 3 is 2.35 bits per heavy atom. The quantitative estimate of drug-likeness (QED) is 0.842. The van der Waals surface area contributed by atoms with Crippen molar-refractivity contribution in [3.8, 4) is 0 Å². The van der Waals surface area contributed by atoms with Gasteiger partial charge in [0.25, 0.3) is 0 Å². The first-order valence-corrected chi connectivity index (χ1v) is 6.15. The molecule has 0 bridgehead atoms. The molecular formula is C12H14N4S. The topological polar surface area (TPSA) is 64.7 Å². The largest absolute Gasteiger partial charge is 0.324 e. The van der Waals surface area contributed by atoms with Crippen molar-refractivity contribution >= 4 is 11.8 Å². The average molecular weight is 246 g/mol. The molecule has 0 fully saturated rings. The monoisotopic (exact) mass is 246 g/mol. The van der Waals surface area contributed by atoms with Crippen molar-refractivity contribution < 1.29 is 0 Å². The molecule has 0 spiro atoms. The highest BCUT2D eigenvalue weighted by molar-refractivity contribution is 7.99. The Bertz CT molecular complexity index is 479. The highest BCUT2D eigenvalue weighted by Gasteiger charge is 2.03. The number of aryl methyl sites for hydroxylation is 1. The van der Waals surface area contributed by atoms with Gasteiger partial charge in [0.05, 0.1) is 0 Å². The second-order valence-electron chi connectivity index (χ2n) is 3.86. The van der Waals surface area contributed by atoms with Gasteiger partial charge in [0.15, 0.2) is 5.16 Å². The first kappa shape index (κ1) is 12.0. The Balaban J connectivity index is 2.11. The van der Waals surface area contributed by atoms with Crippen LogP contribution in [0.25, 0.3) is 0 Å². The molecule has 5 heteroatoms. The van der Waals surface area contributed by atoms with Crippen LogP contribution < -0.4 is 5.73 Å². The van der Waals surface area contributed by atoms with Crippen LogP contribution in [0.2, 0.25) is 0 Å². The van der Waals surface area contributed by atoms with Crippen molar-refractivity contribution in [3.05, 3.63) is 41.9 Å². The van der Waals surface area contributed by atoms with Crippen molar-refractivity contribution in [1.82, 2.24) is 15.0 Å². The fourth-order valence-corrected chi connectivity index (χ4v) is 1.89.